The second-order valence-corrected chi connectivity index (χ2v) is 6.62. The number of rotatable bonds is 5. The molecule has 0 spiro atoms. The highest BCUT2D eigenvalue weighted by Crippen LogP contribution is 2.12. The van der Waals surface area contributed by atoms with Crippen LogP contribution in [0.1, 0.15) is 19.2 Å². The summed E-state index contributed by atoms with van der Waals surface area (Å²) in [6.45, 7) is 3.75. The highest BCUT2D eigenvalue weighted by molar-refractivity contribution is 7.90. The van der Waals surface area contributed by atoms with E-state index in [0.29, 0.717) is 6.42 Å². The van der Waals surface area contributed by atoms with Crippen molar-refractivity contribution in [3.05, 3.63) is 5.82 Å². The molecule has 0 aliphatic heterocycles. The zero-order valence-electron chi connectivity index (χ0n) is 9.02. The summed E-state index contributed by atoms with van der Waals surface area (Å²) in [5.41, 5.74) is 0. The van der Waals surface area contributed by atoms with Gasteiger partial charge in [0, 0.05) is 23.8 Å². The van der Waals surface area contributed by atoms with Gasteiger partial charge in [-0.05, 0) is 20.3 Å². The van der Waals surface area contributed by atoms with Gasteiger partial charge in [0.05, 0.1) is 5.75 Å². The highest BCUT2D eigenvalue weighted by Gasteiger charge is 2.09. The molecule has 86 valence electrons. The van der Waals surface area contributed by atoms with E-state index in [1.54, 1.807) is 0 Å². The van der Waals surface area contributed by atoms with E-state index in [9.17, 15) is 8.42 Å². The summed E-state index contributed by atoms with van der Waals surface area (Å²) in [5, 5.41) is 3.86. The van der Waals surface area contributed by atoms with Crippen molar-refractivity contribution >= 4 is 26.5 Å². The van der Waals surface area contributed by atoms with Gasteiger partial charge < -0.3 is 5.32 Å². The van der Waals surface area contributed by atoms with Crippen LogP contribution in [0.3, 0.4) is 0 Å². The molecule has 0 aromatic carbocycles. The summed E-state index contributed by atoms with van der Waals surface area (Å²) in [4.78, 5) is 4.14. The highest BCUT2D eigenvalue weighted by atomic mass is 32.2. The van der Waals surface area contributed by atoms with Crippen LogP contribution in [0.4, 0.5) is 5.13 Å². The molecule has 0 aliphatic rings. The van der Waals surface area contributed by atoms with Crippen LogP contribution < -0.4 is 5.32 Å². The van der Waals surface area contributed by atoms with Gasteiger partial charge in [-0.3, -0.25) is 0 Å². The molecule has 1 N–H and O–H groups in total. The Morgan fingerprint density at radius 1 is 1.53 bits per heavy atom. The van der Waals surface area contributed by atoms with Crippen LogP contribution in [0.25, 0.3) is 0 Å². The van der Waals surface area contributed by atoms with Gasteiger partial charge in [0.25, 0.3) is 0 Å². The van der Waals surface area contributed by atoms with E-state index in [1.165, 1.54) is 17.8 Å². The first kappa shape index (κ1) is 12.4. The van der Waals surface area contributed by atoms with Gasteiger partial charge in [-0.1, -0.05) is 0 Å². The van der Waals surface area contributed by atoms with Gasteiger partial charge in [-0.2, -0.15) is 4.37 Å². The molecule has 0 saturated heterocycles. The standard InChI is InChI=1S/C8H15N3O2S2/c1-6(4-5-15(3,12)13)9-8-10-7(2)11-14-8/h6H,4-5H2,1-3H3,(H,9,10,11). The average Bonchev–Trinajstić information content (AvgIpc) is 2.47. The zero-order valence-corrected chi connectivity index (χ0v) is 10.7. The van der Waals surface area contributed by atoms with E-state index >= 15 is 0 Å². The minimum Gasteiger partial charge on any atom is -0.358 e. The van der Waals surface area contributed by atoms with E-state index in [4.69, 9.17) is 0 Å². The maximum absolute atomic E-state index is 10.9. The van der Waals surface area contributed by atoms with Crippen LogP contribution in [-0.4, -0.2) is 35.8 Å². The minimum atomic E-state index is -2.88. The maximum atomic E-state index is 10.9. The molecule has 0 aliphatic carbocycles. The van der Waals surface area contributed by atoms with Crippen molar-refractivity contribution < 1.29 is 8.42 Å². The fourth-order valence-electron chi connectivity index (χ4n) is 1.03. The monoisotopic (exact) mass is 249 g/mol. The quantitative estimate of drug-likeness (QED) is 0.845. The van der Waals surface area contributed by atoms with Crippen molar-refractivity contribution in [1.82, 2.24) is 9.36 Å². The van der Waals surface area contributed by atoms with Crippen LogP contribution in [0.5, 0.6) is 0 Å². The molecule has 15 heavy (non-hydrogen) atoms. The third-order valence-electron chi connectivity index (χ3n) is 1.82. The van der Waals surface area contributed by atoms with Crippen molar-refractivity contribution in [2.45, 2.75) is 26.3 Å². The number of hydrogen-bond donors (Lipinski definition) is 1. The normalized spacial score (nSPS) is 13.8. The molecule has 0 saturated carbocycles. The van der Waals surface area contributed by atoms with Crippen LogP contribution in [0, 0.1) is 6.92 Å². The van der Waals surface area contributed by atoms with E-state index in [2.05, 4.69) is 14.7 Å². The summed E-state index contributed by atoms with van der Waals surface area (Å²) in [6, 6.07) is 0.0899. The van der Waals surface area contributed by atoms with E-state index < -0.39 is 9.84 Å². The molecule has 1 rings (SSSR count). The molecule has 0 bridgehead atoms. The number of aromatic nitrogens is 2. The molecule has 1 atom stereocenters. The molecule has 7 heteroatoms. The second kappa shape index (κ2) is 4.89. The predicted octanol–water partition coefficient (Wildman–Crippen LogP) is 1.08. The summed E-state index contributed by atoms with van der Waals surface area (Å²) in [7, 11) is -2.88. The van der Waals surface area contributed by atoms with Crippen LogP contribution in [0.2, 0.25) is 0 Å². The summed E-state index contributed by atoms with van der Waals surface area (Å²) >= 11 is 1.29. The third-order valence-corrected chi connectivity index (χ3v) is 3.53. The molecule has 0 radical (unpaired) electrons. The number of hydrogen-bond acceptors (Lipinski definition) is 6. The molecule has 1 aromatic rings. The number of aryl methyl sites for hydroxylation is 1. The van der Waals surface area contributed by atoms with Crippen molar-refractivity contribution in [2.75, 3.05) is 17.3 Å². The summed E-state index contributed by atoms with van der Waals surface area (Å²) < 4.78 is 25.9. The van der Waals surface area contributed by atoms with Gasteiger partial charge in [0.1, 0.15) is 15.7 Å². The van der Waals surface area contributed by atoms with Crippen LogP contribution >= 0.6 is 11.5 Å². The minimum absolute atomic E-state index is 0.0899. The van der Waals surface area contributed by atoms with Gasteiger partial charge in [-0.15, -0.1) is 0 Å². The van der Waals surface area contributed by atoms with Gasteiger partial charge in [0.2, 0.25) is 5.13 Å². The smallest absolute Gasteiger partial charge is 0.202 e. The molecular formula is C8H15N3O2S2. The van der Waals surface area contributed by atoms with Crippen molar-refractivity contribution in [3.63, 3.8) is 0 Å². The van der Waals surface area contributed by atoms with Crippen molar-refractivity contribution in [3.8, 4) is 0 Å². The Hall–Kier alpha value is -0.690. The van der Waals surface area contributed by atoms with E-state index in [1.807, 2.05) is 13.8 Å². The Morgan fingerprint density at radius 3 is 2.67 bits per heavy atom. The number of nitrogens with zero attached hydrogens (tertiary/aromatic N) is 2. The lowest BCUT2D eigenvalue weighted by Gasteiger charge is -2.11. The van der Waals surface area contributed by atoms with E-state index in [0.717, 1.165) is 11.0 Å². The molecule has 1 heterocycles. The van der Waals surface area contributed by atoms with Crippen molar-refractivity contribution in [2.24, 2.45) is 0 Å². The fourth-order valence-corrected chi connectivity index (χ4v) is 2.50. The Kier molecular flexibility index (Phi) is 4.04. The molecule has 0 fully saturated rings. The lowest BCUT2D eigenvalue weighted by atomic mass is 10.3. The van der Waals surface area contributed by atoms with E-state index in [-0.39, 0.29) is 11.8 Å². The topological polar surface area (TPSA) is 72.0 Å². The van der Waals surface area contributed by atoms with Gasteiger partial charge in [0.15, 0.2) is 0 Å². The predicted molar refractivity (Wildman–Crippen MR) is 62.1 cm³/mol. The van der Waals surface area contributed by atoms with Gasteiger partial charge in [-0.25, -0.2) is 13.4 Å². The lowest BCUT2D eigenvalue weighted by Crippen LogP contribution is -2.19. The third kappa shape index (κ3) is 5.08. The number of anilines is 1. The van der Waals surface area contributed by atoms with Crippen molar-refractivity contribution in [1.29, 1.82) is 0 Å². The maximum Gasteiger partial charge on any atom is 0.202 e. The Bertz CT molecular complexity index is 413. The molecule has 0 amide bonds. The molecule has 1 aromatic heterocycles. The first-order valence-electron chi connectivity index (χ1n) is 4.61. The summed E-state index contributed by atoms with van der Waals surface area (Å²) in [6.07, 6.45) is 1.83. The molecular weight excluding hydrogens is 234 g/mol. The largest absolute Gasteiger partial charge is 0.358 e. The number of sulfone groups is 1. The SMILES string of the molecule is Cc1nsc(NC(C)CCS(C)(=O)=O)n1. The average molecular weight is 249 g/mol. The first-order valence-corrected chi connectivity index (χ1v) is 7.45. The fraction of sp³-hybridized carbons (Fsp3) is 0.750. The Morgan fingerprint density at radius 2 is 2.20 bits per heavy atom. The zero-order chi connectivity index (χ0) is 11.5. The molecule has 5 nitrogen and oxygen atoms in total. The Balaban J connectivity index is 2.40. The Labute approximate surface area is 94.0 Å². The van der Waals surface area contributed by atoms with Gasteiger partial charge >= 0.3 is 0 Å². The first-order chi connectivity index (χ1) is 6.87. The summed E-state index contributed by atoms with van der Waals surface area (Å²) in [5.74, 6) is 0.927. The second-order valence-electron chi connectivity index (χ2n) is 3.61. The molecule has 1 unspecified atom stereocenters. The van der Waals surface area contributed by atoms with Crippen LogP contribution in [0.15, 0.2) is 0 Å². The van der Waals surface area contributed by atoms with Crippen LogP contribution in [-0.2, 0) is 9.84 Å². The lowest BCUT2D eigenvalue weighted by molar-refractivity contribution is 0.595. The number of nitrogens with one attached hydrogen (secondary N) is 1.